The van der Waals surface area contributed by atoms with Gasteiger partial charge >= 0.3 is 0 Å². The molecule has 1 saturated heterocycles. The Balaban J connectivity index is 1.43. The quantitative estimate of drug-likeness (QED) is 0.503. The number of hydrogen-bond acceptors (Lipinski definition) is 3. The molecule has 5 rings (SSSR count). The first-order valence-electron chi connectivity index (χ1n) is 13.2. The molecule has 2 fully saturated rings. The summed E-state index contributed by atoms with van der Waals surface area (Å²) in [5, 5.41) is 4.95. The summed E-state index contributed by atoms with van der Waals surface area (Å²) in [5.41, 5.74) is 2.28. The number of para-hydroxylation sites is 1. The van der Waals surface area contributed by atoms with Crippen LogP contribution in [0.25, 0.3) is 21.8 Å². The summed E-state index contributed by atoms with van der Waals surface area (Å²) in [4.78, 5) is 29.7. The molecule has 34 heavy (non-hydrogen) atoms. The Hall–Kier alpha value is -2.60. The molecule has 2 aliphatic rings. The first-order valence-corrected chi connectivity index (χ1v) is 13.2. The van der Waals surface area contributed by atoms with Crippen LogP contribution in [0.4, 0.5) is 0 Å². The summed E-state index contributed by atoms with van der Waals surface area (Å²) in [6.07, 6.45) is 12.2. The van der Waals surface area contributed by atoms with Crippen LogP contribution in [0.3, 0.4) is 0 Å². The van der Waals surface area contributed by atoms with Crippen molar-refractivity contribution < 1.29 is 4.79 Å². The van der Waals surface area contributed by atoms with E-state index in [4.69, 9.17) is 0 Å². The van der Waals surface area contributed by atoms with Crippen molar-refractivity contribution >= 4 is 27.7 Å². The largest absolute Gasteiger partial charge is 0.352 e. The summed E-state index contributed by atoms with van der Waals surface area (Å²) in [6.45, 7) is 5.14. The van der Waals surface area contributed by atoms with E-state index in [0.29, 0.717) is 23.7 Å². The first kappa shape index (κ1) is 23.2. The molecule has 1 unspecified atom stereocenters. The van der Waals surface area contributed by atoms with Crippen LogP contribution in [-0.2, 0) is 7.05 Å². The highest BCUT2D eigenvalue weighted by Crippen LogP contribution is 2.33. The molecule has 1 aliphatic heterocycles. The summed E-state index contributed by atoms with van der Waals surface area (Å²) in [5.74, 6) is -0.0706. The number of likely N-dealkylation sites (tertiary alicyclic amines) is 1. The fourth-order valence-electron chi connectivity index (χ4n) is 6.32. The van der Waals surface area contributed by atoms with Gasteiger partial charge in [0, 0.05) is 54.7 Å². The van der Waals surface area contributed by atoms with Gasteiger partial charge in [-0.25, -0.2) is 0 Å². The molecule has 2 aromatic heterocycles. The van der Waals surface area contributed by atoms with Gasteiger partial charge in [-0.1, -0.05) is 44.4 Å². The SMILES string of the molecule is CCC1CCCCN1CCCNC(=O)c1cn(C2CCCC2)c(=O)c2c1c1ccccc1n2C. The Morgan fingerprint density at radius 3 is 2.65 bits per heavy atom. The van der Waals surface area contributed by atoms with Gasteiger partial charge in [0.25, 0.3) is 11.5 Å². The van der Waals surface area contributed by atoms with Gasteiger partial charge in [-0.2, -0.15) is 0 Å². The predicted molar refractivity (Wildman–Crippen MR) is 139 cm³/mol. The standard InChI is InChI=1S/C28H38N4O2/c1-3-20-11-8-9-17-31(20)18-10-16-29-27(33)23-19-32(21-12-4-5-13-21)28(34)26-25(23)22-14-6-7-15-24(22)30(26)2/h6-7,14-15,19-21H,3-5,8-13,16-18H2,1-2H3,(H,29,33). The third kappa shape index (κ3) is 4.17. The number of pyridine rings is 1. The number of fused-ring (bicyclic) bond motifs is 3. The molecule has 1 saturated carbocycles. The summed E-state index contributed by atoms with van der Waals surface area (Å²) >= 11 is 0. The third-order valence-corrected chi connectivity index (χ3v) is 8.17. The Labute approximate surface area is 201 Å². The van der Waals surface area contributed by atoms with Crippen molar-refractivity contribution in [2.45, 2.75) is 76.8 Å². The van der Waals surface area contributed by atoms with Crippen LogP contribution >= 0.6 is 0 Å². The van der Waals surface area contributed by atoms with Gasteiger partial charge in [0.15, 0.2) is 0 Å². The first-order chi connectivity index (χ1) is 16.6. The second-order valence-corrected chi connectivity index (χ2v) is 10.2. The fraction of sp³-hybridized carbons (Fsp3) is 0.571. The van der Waals surface area contributed by atoms with Crippen LogP contribution in [0.5, 0.6) is 0 Å². The number of nitrogens with zero attached hydrogens (tertiary/aromatic N) is 3. The zero-order chi connectivity index (χ0) is 23.7. The van der Waals surface area contributed by atoms with E-state index in [1.807, 2.05) is 46.6 Å². The zero-order valence-electron chi connectivity index (χ0n) is 20.7. The van der Waals surface area contributed by atoms with E-state index < -0.39 is 0 Å². The second kappa shape index (κ2) is 9.95. The molecule has 0 spiro atoms. The van der Waals surface area contributed by atoms with Crippen LogP contribution in [-0.4, -0.2) is 45.6 Å². The van der Waals surface area contributed by atoms with E-state index >= 15 is 0 Å². The van der Waals surface area contributed by atoms with Crippen LogP contribution in [0.15, 0.2) is 35.3 Å². The summed E-state index contributed by atoms with van der Waals surface area (Å²) in [7, 11) is 1.94. The maximum Gasteiger partial charge on any atom is 0.275 e. The van der Waals surface area contributed by atoms with Crippen molar-refractivity contribution in [3.8, 4) is 0 Å². The molecular weight excluding hydrogens is 424 g/mol. The lowest BCUT2D eigenvalue weighted by atomic mass is 10.00. The van der Waals surface area contributed by atoms with Gasteiger partial charge in [-0.15, -0.1) is 0 Å². The number of benzene rings is 1. The average molecular weight is 463 g/mol. The van der Waals surface area contributed by atoms with Crippen molar-refractivity contribution in [3.63, 3.8) is 0 Å². The number of aryl methyl sites for hydroxylation is 1. The molecule has 1 atom stereocenters. The van der Waals surface area contributed by atoms with Gasteiger partial charge < -0.3 is 19.4 Å². The number of aromatic nitrogens is 2. The minimum atomic E-state index is -0.0706. The molecule has 1 amide bonds. The molecule has 6 heteroatoms. The zero-order valence-corrected chi connectivity index (χ0v) is 20.7. The molecular formula is C28H38N4O2. The van der Waals surface area contributed by atoms with E-state index in [2.05, 4.69) is 17.1 Å². The van der Waals surface area contributed by atoms with E-state index in [9.17, 15) is 9.59 Å². The minimum Gasteiger partial charge on any atom is -0.352 e. The summed E-state index contributed by atoms with van der Waals surface area (Å²) in [6, 6.07) is 8.89. The van der Waals surface area contributed by atoms with Gasteiger partial charge in [0.2, 0.25) is 0 Å². The number of hydrogen-bond donors (Lipinski definition) is 1. The lowest BCUT2D eigenvalue weighted by Crippen LogP contribution is -2.40. The van der Waals surface area contributed by atoms with Gasteiger partial charge in [-0.3, -0.25) is 9.59 Å². The van der Waals surface area contributed by atoms with E-state index in [1.165, 1.54) is 32.2 Å². The topological polar surface area (TPSA) is 59.3 Å². The van der Waals surface area contributed by atoms with Crippen molar-refractivity contribution in [2.24, 2.45) is 7.05 Å². The Morgan fingerprint density at radius 1 is 1.09 bits per heavy atom. The predicted octanol–water partition coefficient (Wildman–Crippen LogP) is 4.99. The van der Waals surface area contributed by atoms with Crippen LogP contribution in [0, 0.1) is 0 Å². The maximum atomic E-state index is 13.6. The molecule has 1 aliphatic carbocycles. The van der Waals surface area contributed by atoms with Crippen LogP contribution < -0.4 is 10.9 Å². The fourth-order valence-corrected chi connectivity index (χ4v) is 6.32. The molecule has 0 bridgehead atoms. The molecule has 1 aromatic carbocycles. The molecule has 6 nitrogen and oxygen atoms in total. The normalized spacial score (nSPS) is 19.9. The van der Waals surface area contributed by atoms with Crippen molar-refractivity contribution in [3.05, 3.63) is 46.4 Å². The molecule has 3 heterocycles. The van der Waals surface area contributed by atoms with Gasteiger partial charge in [-0.05, 0) is 51.1 Å². The molecule has 0 radical (unpaired) electrons. The smallest absolute Gasteiger partial charge is 0.275 e. The maximum absolute atomic E-state index is 13.6. The number of amides is 1. The number of piperidine rings is 1. The number of carbonyl (C=O) groups is 1. The number of rotatable bonds is 7. The average Bonchev–Trinajstić information content (AvgIpc) is 3.50. The highest BCUT2D eigenvalue weighted by atomic mass is 16.2. The Kier molecular flexibility index (Phi) is 6.77. The van der Waals surface area contributed by atoms with Crippen LogP contribution in [0.1, 0.15) is 81.1 Å². The highest BCUT2D eigenvalue weighted by molar-refractivity contribution is 6.17. The Morgan fingerprint density at radius 2 is 1.85 bits per heavy atom. The molecule has 182 valence electrons. The summed E-state index contributed by atoms with van der Waals surface area (Å²) < 4.78 is 3.82. The van der Waals surface area contributed by atoms with Crippen molar-refractivity contribution in [2.75, 3.05) is 19.6 Å². The van der Waals surface area contributed by atoms with Crippen LogP contribution in [0.2, 0.25) is 0 Å². The number of nitrogens with one attached hydrogen (secondary N) is 1. The molecule has 1 N–H and O–H groups in total. The molecule has 3 aromatic rings. The van der Waals surface area contributed by atoms with Crippen molar-refractivity contribution in [1.29, 1.82) is 0 Å². The van der Waals surface area contributed by atoms with E-state index in [-0.39, 0.29) is 17.5 Å². The van der Waals surface area contributed by atoms with E-state index in [1.54, 1.807) is 0 Å². The van der Waals surface area contributed by atoms with E-state index in [0.717, 1.165) is 54.9 Å². The highest BCUT2D eigenvalue weighted by Gasteiger charge is 2.25. The van der Waals surface area contributed by atoms with Crippen molar-refractivity contribution in [1.82, 2.24) is 19.4 Å². The second-order valence-electron chi connectivity index (χ2n) is 10.2. The third-order valence-electron chi connectivity index (χ3n) is 8.17. The van der Waals surface area contributed by atoms with Gasteiger partial charge in [0.1, 0.15) is 5.52 Å². The lowest BCUT2D eigenvalue weighted by molar-refractivity contribution is 0.0948. The number of carbonyl (C=O) groups excluding carboxylic acids is 1. The minimum absolute atomic E-state index is 0.0212. The van der Waals surface area contributed by atoms with Gasteiger partial charge in [0.05, 0.1) is 5.56 Å². The Bertz CT molecular complexity index is 1230. The monoisotopic (exact) mass is 462 g/mol. The lowest BCUT2D eigenvalue weighted by Gasteiger charge is -2.35.